The molecule has 1 saturated heterocycles. The fraction of sp³-hybridized carbons (Fsp3) is 0.538. The van der Waals surface area contributed by atoms with Crippen molar-refractivity contribution in [3.05, 3.63) is 22.4 Å². The average molecular weight is 282 g/mol. The summed E-state index contributed by atoms with van der Waals surface area (Å²) in [5, 5.41) is 4.83. The molecule has 104 valence electrons. The lowest BCUT2D eigenvalue weighted by Gasteiger charge is -2.33. The van der Waals surface area contributed by atoms with Gasteiger partial charge in [-0.25, -0.2) is 4.79 Å². The van der Waals surface area contributed by atoms with Crippen molar-refractivity contribution in [1.82, 2.24) is 10.2 Å². The van der Waals surface area contributed by atoms with Gasteiger partial charge in [-0.15, -0.1) is 11.3 Å². The summed E-state index contributed by atoms with van der Waals surface area (Å²) in [6.45, 7) is 5.26. The molecule has 19 heavy (non-hydrogen) atoms. The minimum absolute atomic E-state index is 0.0249. The third kappa shape index (κ3) is 3.47. The van der Waals surface area contributed by atoms with Gasteiger partial charge in [0.15, 0.2) is 0 Å². The summed E-state index contributed by atoms with van der Waals surface area (Å²) < 4.78 is 4.92. The van der Waals surface area contributed by atoms with Crippen LogP contribution < -0.4 is 5.32 Å². The Morgan fingerprint density at radius 2 is 2.37 bits per heavy atom. The number of hydrogen-bond donors (Lipinski definition) is 1. The van der Waals surface area contributed by atoms with Gasteiger partial charge in [-0.2, -0.15) is 0 Å². The molecule has 1 aliphatic heterocycles. The van der Waals surface area contributed by atoms with Gasteiger partial charge in [0.05, 0.1) is 18.5 Å². The fourth-order valence-corrected chi connectivity index (χ4v) is 2.69. The topological polar surface area (TPSA) is 58.6 Å². The molecular weight excluding hydrogens is 264 g/mol. The second-order valence-electron chi connectivity index (χ2n) is 5.11. The standard InChI is InChI=1S/C13H18N2O3S/c1-13(2,15-5-6-18-12(15)17)9-14-11(16)8-10-4-3-7-19-10/h3-4,7H,5-6,8-9H2,1-2H3,(H,14,16). The number of rotatable bonds is 5. The van der Waals surface area contributed by atoms with Gasteiger partial charge in [0.1, 0.15) is 6.61 Å². The van der Waals surface area contributed by atoms with Crippen LogP contribution in [0.1, 0.15) is 18.7 Å². The summed E-state index contributed by atoms with van der Waals surface area (Å²) >= 11 is 1.56. The second kappa shape index (κ2) is 5.61. The number of hydrogen-bond acceptors (Lipinski definition) is 4. The molecule has 5 nitrogen and oxygen atoms in total. The number of carbonyl (C=O) groups excluding carboxylic acids is 2. The van der Waals surface area contributed by atoms with E-state index >= 15 is 0 Å². The van der Waals surface area contributed by atoms with E-state index in [1.165, 1.54) is 0 Å². The van der Waals surface area contributed by atoms with Gasteiger partial charge < -0.3 is 10.1 Å². The van der Waals surface area contributed by atoms with Crippen molar-refractivity contribution in [3.63, 3.8) is 0 Å². The summed E-state index contributed by atoms with van der Waals surface area (Å²) in [7, 11) is 0. The van der Waals surface area contributed by atoms with Gasteiger partial charge in [0, 0.05) is 11.4 Å². The Morgan fingerprint density at radius 1 is 1.58 bits per heavy atom. The molecule has 0 aliphatic carbocycles. The Morgan fingerprint density at radius 3 is 2.95 bits per heavy atom. The Kier molecular flexibility index (Phi) is 4.09. The molecule has 1 aromatic rings. The minimum atomic E-state index is -0.432. The van der Waals surface area contributed by atoms with Crippen LogP contribution in [0.2, 0.25) is 0 Å². The van der Waals surface area contributed by atoms with Crippen molar-refractivity contribution in [2.24, 2.45) is 0 Å². The molecule has 0 spiro atoms. The van der Waals surface area contributed by atoms with Gasteiger partial charge in [-0.1, -0.05) is 6.07 Å². The number of carbonyl (C=O) groups is 2. The lowest BCUT2D eigenvalue weighted by Crippen LogP contribution is -2.52. The molecule has 0 bridgehead atoms. The normalized spacial score (nSPS) is 15.5. The first-order valence-corrected chi connectivity index (χ1v) is 7.10. The number of thiophene rings is 1. The Labute approximate surface area is 116 Å². The highest BCUT2D eigenvalue weighted by atomic mass is 32.1. The number of nitrogens with zero attached hydrogens (tertiary/aromatic N) is 1. The first kappa shape index (κ1) is 13.9. The second-order valence-corrected chi connectivity index (χ2v) is 6.14. The fourth-order valence-electron chi connectivity index (χ4n) is 1.99. The third-order valence-electron chi connectivity index (χ3n) is 3.12. The zero-order chi connectivity index (χ0) is 13.9. The SMILES string of the molecule is CC(C)(CNC(=O)Cc1cccs1)N1CCOC1=O. The van der Waals surface area contributed by atoms with Crippen LogP contribution in [0.4, 0.5) is 4.79 Å². The first-order valence-electron chi connectivity index (χ1n) is 6.22. The maximum atomic E-state index is 11.8. The van der Waals surface area contributed by atoms with E-state index in [1.807, 2.05) is 31.4 Å². The van der Waals surface area contributed by atoms with Crippen LogP contribution in [-0.2, 0) is 16.0 Å². The van der Waals surface area contributed by atoms with Crippen LogP contribution in [0.15, 0.2) is 17.5 Å². The third-order valence-corrected chi connectivity index (χ3v) is 4.00. The number of ether oxygens (including phenoxy) is 1. The van der Waals surface area contributed by atoms with Gasteiger partial charge in [0.2, 0.25) is 5.91 Å². The summed E-state index contributed by atoms with van der Waals surface area (Å²) in [6, 6.07) is 3.87. The Hall–Kier alpha value is -1.56. The van der Waals surface area contributed by atoms with E-state index in [2.05, 4.69) is 5.32 Å². The predicted molar refractivity (Wildman–Crippen MR) is 73.2 cm³/mol. The van der Waals surface area contributed by atoms with Crippen LogP contribution in [0, 0.1) is 0 Å². The van der Waals surface area contributed by atoms with Gasteiger partial charge in [0.25, 0.3) is 0 Å². The van der Waals surface area contributed by atoms with E-state index in [0.717, 1.165) is 4.88 Å². The molecule has 1 aromatic heterocycles. The van der Waals surface area contributed by atoms with Crippen LogP contribution in [0.5, 0.6) is 0 Å². The smallest absolute Gasteiger partial charge is 0.410 e. The van der Waals surface area contributed by atoms with E-state index in [9.17, 15) is 9.59 Å². The quantitative estimate of drug-likeness (QED) is 0.893. The summed E-state index contributed by atoms with van der Waals surface area (Å²) in [6.07, 6.45) is 0.0792. The number of nitrogens with one attached hydrogen (secondary N) is 1. The highest BCUT2D eigenvalue weighted by molar-refractivity contribution is 7.10. The maximum absolute atomic E-state index is 11.8. The minimum Gasteiger partial charge on any atom is -0.448 e. The lowest BCUT2D eigenvalue weighted by atomic mass is 10.0. The van der Waals surface area contributed by atoms with Gasteiger partial charge >= 0.3 is 6.09 Å². The summed E-state index contributed by atoms with van der Waals surface area (Å²) in [5.74, 6) is -0.0249. The van der Waals surface area contributed by atoms with E-state index < -0.39 is 5.54 Å². The van der Waals surface area contributed by atoms with Gasteiger partial charge in [-0.3, -0.25) is 9.69 Å². The van der Waals surface area contributed by atoms with Crippen molar-refractivity contribution in [2.45, 2.75) is 25.8 Å². The molecule has 0 atom stereocenters. The monoisotopic (exact) mass is 282 g/mol. The number of amides is 2. The zero-order valence-electron chi connectivity index (χ0n) is 11.1. The highest BCUT2D eigenvalue weighted by Gasteiger charge is 2.35. The Bertz CT molecular complexity index is 456. The summed E-state index contributed by atoms with van der Waals surface area (Å²) in [4.78, 5) is 26.0. The first-order chi connectivity index (χ1) is 8.99. The molecule has 1 N–H and O–H groups in total. The van der Waals surface area contributed by atoms with E-state index in [-0.39, 0.29) is 12.0 Å². The van der Waals surface area contributed by atoms with Crippen molar-refractivity contribution < 1.29 is 14.3 Å². The lowest BCUT2D eigenvalue weighted by molar-refractivity contribution is -0.120. The molecular formula is C13H18N2O3S. The molecule has 0 aromatic carbocycles. The van der Waals surface area contributed by atoms with Crippen molar-refractivity contribution in [2.75, 3.05) is 19.7 Å². The molecule has 0 radical (unpaired) electrons. The van der Waals surface area contributed by atoms with Gasteiger partial charge in [-0.05, 0) is 25.3 Å². The maximum Gasteiger partial charge on any atom is 0.410 e. The predicted octanol–water partition coefficient (Wildman–Crippen LogP) is 1.64. The van der Waals surface area contributed by atoms with Crippen LogP contribution in [0.3, 0.4) is 0 Å². The van der Waals surface area contributed by atoms with Crippen LogP contribution in [-0.4, -0.2) is 42.1 Å². The van der Waals surface area contributed by atoms with E-state index in [1.54, 1.807) is 16.2 Å². The van der Waals surface area contributed by atoms with Crippen LogP contribution in [0.25, 0.3) is 0 Å². The molecule has 1 fully saturated rings. The molecule has 2 amide bonds. The highest BCUT2D eigenvalue weighted by Crippen LogP contribution is 2.18. The van der Waals surface area contributed by atoms with Crippen molar-refractivity contribution >= 4 is 23.3 Å². The summed E-state index contributed by atoms with van der Waals surface area (Å²) in [5.41, 5.74) is -0.432. The Balaban J connectivity index is 1.83. The molecule has 0 unspecified atom stereocenters. The zero-order valence-corrected chi connectivity index (χ0v) is 12.0. The largest absolute Gasteiger partial charge is 0.448 e. The van der Waals surface area contributed by atoms with Crippen molar-refractivity contribution in [1.29, 1.82) is 0 Å². The molecule has 2 rings (SSSR count). The average Bonchev–Trinajstić information content (AvgIpc) is 2.98. The van der Waals surface area contributed by atoms with E-state index in [4.69, 9.17) is 4.74 Å². The number of cyclic esters (lactones) is 1. The van der Waals surface area contributed by atoms with Crippen molar-refractivity contribution in [3.8, 4) is 0 Å². The molecule has 1 aliphatic rings. The van der Waals surface area contributed by atoms with Crippen LogP contribution >= 0.6 is 11.3 Å². The molecule has 6 heteroatoms. The van der Waals surface area contributed by atoms with E-state index in [0.29, 0.717) is 26.1 Å². The molecule has 0 saturated carbocycles. The molecule has 2 heterocycles.